The first-order valence-electron chi connectivity index (χ1n) is 11.3. The zero-order chi connectivity index (χ0) is 24.1. The number of hydrogen-bond acceptors (Lipinski definition) is 7. The molecule has 2 aliphatic rings. The van der Waals surface area contributed by atoms with Gasteiger partial charge in [0.15, 0.2) is 0 Å². The molecule has 0 bridgehead atoms. The molecule has 2 aliphatic heterocycles. The summed E-state index contributed by atoms with van der Waals surface area (Å²) in [6.07, 6.45) is 2.89. The number of benzene rings is 2. The smallest absolute Gasteiger partial charge is 0.290 e. The van der Waals surface area contributed by atoms with Crippen molar-refractivity contribution in [1.29, 1.82) is 0 Å². The highest BCUT2D eigenvalue weighted by Crippen LogP contribution is 2.31. The van der Waals surface area contributed by atoms with E-state index in [0.717, 1.165) is 62.5 Å². The van der Waals surface area contributed by atoms with Gasteiger partial charge in [-0.15, -0.1) is 0 Å². The minimum Gasteiger partial charge on any atom is -0.483 e. The topological polar surface area (TPSA) is 104 Å². The summed E-state index contributed by atoms with van der Waals surface area (Å²) in [6.45, 7) is 5.20. The van der Waals surface area contributed by atoms with E-state index < -0.39 is 10.0 Å². The lowest BCUT2D eigenvalue weighted by molar-refractivity contribution is -0.122. The molecule has 34 heavy (non-hydrogen) atoms. The second kappa shape index (κ2) is 10.5. The van der Waals surface area contributed by atoms with Crippen LogP contribution in [0.2, 0.25) is 0 Å². The van der Waals surface area contributed by atoms with Crippen LogP contribution in [0, 0.1) is 0 Å². The minimum absolute atomic E-state index is 0.236. The first-order valence-corrected chi connectivity index (χ1v) is 12.7. The molecule has 0 unspecified atom stereocenters. The number of hydrogen-bond donors (Lipinski definition) is 2. The number of ether oxygens (including phenoxy) is 1. The summed E-state index contributed by atoms with van der Waals surface area (Å²) in [6, 6.07) is 15.0. The molecule has 0 aliphatic carbocycles. The molecular weight excluding hydrogens is 456 g/mol. The minimum atomic E-state index is -3.68. The molecule has 5 rings (SSSR count). The van der Waals surface area contributed by atoms with Gasteiger partial charge < -0.3 is 25.0 Å². The quantitative estimate of drug-likeness (QED) is 0.529. The van der Waals surface area contributed by atoms with Crippen LogP contribution in [-0.4, -0.2) is 76.5 Å². The monoisotopic (exact) mass is 486 g/mol. The van der Waals surface area contributed by atoms with Crippen LogP contribution in [0.4, 0.5) is 11.4 Å². The van der Waals surface area contributed by atoms with Gasteiger partial charge in [0.25, 0.3) is 16.5 Å². The Morgan fingerprint density at radius 3 is 2.38 bits per heavy atom. The Hall–Kier alpha value is -3.08. The average molecular weight is 487 g/mol. The fourth-order valence-electron chi connectivity index (χ4n) is 4.62. The van der Waals surface area contributed by atoms with Crippen LogP contribution >= 0.6 is 0 Å². The molecule has 3 heterocycles. The fraction of sp³-hybridized carbons (Fsp3) is 0.375. The van der Waals surface area contributed by atoms with Crippen molar-refractivity contribution >= 4 is 38.8 Å². The van der Waals surface area contributed by atoms with Crippen LogP contribution in [0.25, 0.3) is 10.9 Å². The van der Waals surface area contributed by atoms with Crippen molar-refractivity contribution in [2.75, 3.05) is 56.2 Å². The lowest BCUT2D eigenvalue weighted by Gasteiger charge is -2.30. The fourth-order valence-corrected chi connectivity index (χ4v) is 5.96. The normalized spacial score (nSPS) is 18.6. The predicted molar refractivity (Wildman–Crippen MR) is 132 cm³/mol. The summed E-state index contributed by atoms with van der Waals surface area (Å²) in [5, 5.41) is 11.2. The van der Waals surface area contributed by atoms with Gasteiger partial charge in [0, 0.05) is 69.3 Å². The molecule has 1 aromatic heterocycles. The summed E-state index contributed by atoms with van der Waals surface area (Å²) in [4.78, 5) is 13.2. The molecule has 9 nitrogen and oxygen atoms in total. The number of nitrogens with one attached hydrogen (secondary N) is 1. The molecule has 182 valence electrons. The number of carbonyl (C=O) groups is 1. The summed E-state index contributed by atoms with van der Waals surface area (Å²) >= 11 is 0. The molecule has 0 amide bonds. The summed E-state index contributed by atoms with van der Waals surface area (Å²) in [7, 11) is -1.95. The van der Waals surface area contributed by atoms with Gasteiger partial charge in [-0.3, -0.25) is 4.79 Å². The third kappa shape index (κ3) is 4.75. The van der Waals surface area contributed by atoms with Crippen LogP contribution in [-0.2, 0) is 19.6 Å². The first-order chi connectivity index (χ1) is 16.5. The average Bonchev–Trinajstić information content (AvgIpc) is 3.53. The standard InChI is InChI=1S/C23H28N4O3S.CH2O2/c1-30-19-9-13-26(17-19)18-5-7-20(8-6-18)31(28,29)27-14-10-21-22(3-2-4-23(21)27)25-15-11-24-12-16-25;2-1-3/h2-8,10,14,19,24H,9,11-13,15-17H2,1H3;1H,(H,2,3)/t19-;/m0./s1. The SMILES string of the molecule is CO[C@H]1CCN(c2ccc(S(=O)(=O)n3ccc4c(N5CCNCC5)cccc43)cc2)C1.O=CO. The highest BCUT2D eigenvalue weighted by Gasteiger charge is 2.24. The molecule has 0 spiro atoms. The number of anilines is 2. The van der Waals surface area contributed by atoms with Gasteiger partial charge in [-0.2, -0.15) is 0 Å². The zero-order valence-corrected chi connectivity index (χ0v) is 19.9. The summed E-state index contributed by atoms with van der Waals surface area (Å²) in [5.74, 6) is 0. The van der Waals surface area contributed by atoms with E-state index in [1.54, 1.807) is 25.4 Å². The molecule has 2 saturated heterocycles. The van der Waals surface area contributed by atoms with E-state index in [2.05, 4.69) is 21.2 Å². The number of piperazine rings is 1. The Labute approximate surface area is 199 Å². The molecular formula is C24H30N4O5S. The summed E-state index contributed by atoms with van der Waals surface area (Å²) < 4.78 is 33.7. The van der Waals surface area contributed by atoms with Crippen LogP contribution in [0.15, 0.2) is 59.6 Å². The second-order valence-electron chi connectivity index (χ2n) is 8.26. The Morgan fingerprint density at radius 2 is 1.74 bits per heavy atom. The van der Waals surface area contributed by atoms with Crippen molar-refractivity contribution in [3.8, 4) is 0 Å². The van der Waals surface area contributed by atoms with E-state index in [-0.39, 0.29) is 12.6 Å². The maximum atomic E-state index is 13.4. The number of methoxy groups -OCH3 is 1. The largest absolute Gasteiger partial charge is 0.483 e. The Kier molecular flexibility index (Phi) is 7.40. The lowest BCUT2D eigenvalue weighted by atomic mass is 10.2. The molecule has 2 N–H and O–H groups in total. The Balaban J connectivity index is 0.000000868. The van der Waals surface area contributed by atoms with Crippen LogP contribution in [0.5, 0.6) is 0 Å². The molecule has 10 heteroatoms. The van der Waals surface area contributed by atoms with Gasteiger partial charge in [0.1, 0.15) is 0 Å². The maximum Gasteiger partial charge on any atom is 0.290 e. The molecule has 2 fully saturated rings. The first kappa shape index (κ1) is 24.1. The van der Waals surface area contributed by atoms with Crippen LogP contribution in [0.1, 0.15) is 6.42 Å². The van der Waals surface area contributed by atoms with Gasteiger partial charge in [0.2, 0.25) is 0 Å². The van der Waals surface area contributed by atoms with Crippen molar-refractivity contribution in [3.63, 3.8) is 0 Å². The van der Waals surface area contributed by atoms with Crippen molar-refractivity contribution in [1.82, 2.24) is 9.29 Å². The van der Waals surface area contributed by atoms with Crippen molar-refractivity contribution in [3.05, 3.63) is 54.7 Å². The molecule has 3 aromatic rings. The van der Waals surface area contributed by atoms with Gasteiger partial charge in [0.05, 0.1) is 16.5 Å². The third-order valence-electron chi connectivity index (χ3n) is 6.37. The third-order valence-corrected chi connectivity index (χ3v) is 8.07. The summed E-state index contributed by atoms with van der Waals surface area (Å²) in [5.41, 5.74) is 2.82. The number of carboxylic acid groups (broad SMARTS) is 1. The number of fused-ring (bicyclic) bond motifs is 1. The van der Waals surface area contributed by atoms with Crippen molar-refractivity contribution in [2.24, 2.45) is 0 Å². The molecule has 0 radical (unpaired) electrons. The second-order valence-corrected chi connectivity index (χ2v) is 10.1. The maximum absolute atomic E-state index is 13.4. The van der Waals surface area contributed by atoms with Gasteiger partial charge in [-0.25, -0.2) is 12.4 Å². The highest BCUT2D eigenvalue weighted by atomic mass is 32.2. The van der Waals surface area contributed by atoms with Gasteiger partial charge in [-0.1, -0.05) is 6.07 Å². The van der Waals surface area contributed by atoms with E-state index in [9.17, 15) is 8.42 Å². The number of nitrogens with zero attached hydrogens (tertiary/aromatic N) is 3. The molecule has 2 aromatic carbocycles. The zero-order valence-electron chi connectivity index (χ0n) is 19.1. The van der Waals surface area contributed by atoms with E-state index >= 15 is 0 Å². The highest BCUT2D eigenvalue weighted by molar-refractivity contribution is 7.90. The van der Waals surface area contributed by atoms with E-state index in [1.165, 1.54) is 3.97 Å². The van der Waals surface area contributed by atoms with Crippen LogP contribution in [0.3, 0.4) is 0 Å². The molecule has 1 atom stereocenters. The lowest BCUT2D eigenvalue weighted by Crippen LogP contribution is -2.43. The van der Waals surface area contributed by atoms with E-state index in [0.29, 0.717) is 10.4 Å². The van der Waals surface area contributed by atoms with E-state index in [4.69, 9.17) is 14.6 Å². The Bertz CT molecular complexity index is 1220. The predicted octanol–water partition coefficient (Wildman–Crippen LogP) is 2.21. The van der Waals surface area contributed by atoms with Gasteiger partial charge >= 0.3 is 0 Å². The van der Waals surface area contributed by atoms with Gasteiger partial charge in [-0.05, 0) is 48.9 Å². The van der Waals surface area contributed by atoms with Crippen LogP contribution < -0.4 is 15.1 Å². The van der Waals surface area contributed by atoms with Crippen molar-refractivity contribution < 1.29 is 23.1 Å². The number of aromatic nitrogens is 1. The van der Waals surface area contributed by atoms with Crippen molar-refractivity contribution in [2.45, 2.75) is 17.4 Å². The van der Waals surface area contributed by atoms with E-state index in [1.807, 2.05) is 30.3 Å². The Morgan fingerprint density at radius 1 is 1.03 bits per heavy atom. The number of rotatable bonds is 5. The molecule has 0 saturated carbocycles.